The molecule has 1 saturated heterocycles. The van der Waals surface area contributed by atoms with Crippen LogP contribution in [0, 0.1) is 5.82 Å². The number of amides is 1. The molecule has 2 aromatic carbocycles. The molecule has 1 aliphatic rings. The Balaban J connectivity index is 1.15. The maximum absolute atomic E-state index is 15.4. The topological polar surface area (TPSA) is 151 Å². The van der Waals surface area contributed by atoms with Gasteiger partial charge in [0.05, 0.1) is 43.5 Å². The van der Waals surface area contributed by atoms with Gasteiger partial charge in [-0.1, -0.05) is 0 Å². The minimum Gasteiger partial charge on any atom is -0.495 e. The molecule has 15 heteroatoms. The summed E-state index contributed by atoms with van der Waals surface area (Å²) in [4.78, 5) is 31.2. The number of carbonyl (C=O) groups excluding carboxylic acids is 1. The molecule has 6 rings (SSSR count). The summed E-state index contributed by atoms with van der Waals surface area (Å²) in [5.74, 6) is 0.994. The van der Waals surface area contributed by atoms with Gasteiger partial charge in [0.15, 0.2) is 0 Å². The van der Waals surface area contributed by atoms with Crippen molar-refractivity contribution < 1.29 is 28.1 Å². The number of carbonyl (C=O) groups is 1. The van der Waals surface area contributed by atoms with Gasteiger partial charge in [-0.2, -0.15) is 0 Å². The summed E-state index contributed by atoms with van der Waals surface area (Å²) in [6, 6.07) is 10.1. The molecule has 3 aromatic heterocycles. The average Bonchev–Trinajstić information content (AvgIpc) is 3.54. The zero-order chi connectivity index (χ0) is 33.8. The van der Waals surface area contributed by atoms with Crippen LogP contribution in [0.2, 0.25) is 0 Å². The van der Waals surface area contributed by atoms with E-state index in [-0.39, 0.29) is 35.5 Å². The van der Waals surface area contributed by atoms with Crippen molar-refractivity contribution in [3.8, 4) is 29.1 Å². The van der Waals surface area contributed by atoms with Crippen LogP contribution in [0.5, 0.6) is 23.4 Å². The van der Waals surface area contributed by atoms with E-state index in [0.29, 0.717) is 41.2 Å². The first-order valence-corrected chi connectivity index (χ1v) is 15.3. The number of hydrogen-bond acceptors (Lipinski definition) is 12. The standard InChI is InChI=1S/C33H36FN9O5/c1-33(2,3)48-32(44)42-11-8-20(9-12-42)39-27-15-23-26(16-28(27)45-4)37-19-38-30(23)40-25-7-6-22(14-24(25)34)47-29-10-13-43(41-29)21-17-35-31(46-5)36-18-21/h6-7,10,13-20,39H,8-9,11-12H2,1-5H3,(H,37,38,40). The molecule has 0 spiro atoms. The number of benzene rings is 2. The molecule has 0 radical (unpaired) electrons. The van der Waals surface area contributed by atoms with E-state index in [1.54, 1.807) is 48.8 Å². The van der Waals surface area contributed by atoms with Gasteiger partial charge >= 0.3 is 12.1 Å². The van der Waals surface area contributed by atoms with Crippen LogP contribution in [-0.4, -0.2) is 79.7 Å². The van der Waals surface area contributed by atoms with Crippen LogP contribution in [0.1, 0.15) is 33.6 Å². The molecule has 0 aliphatic carbocycles. The molecule has 14 nitrogen and oxygen atoms in total. The lowest BCUT2D eigenvalue weighted by atomic mass is 10.0. The lowest BCUT2D eigenvalue weighted by molar-refractivity contribution is 0.0210. The number of halogens is 1. The van der Waals surface area contributed by atoms with Gasteiger partial charge in [-0.3, -0.25) is 0 Å². The molecule has 4 heterocycles. The van der Waals surface area contributed by atoms with E-state index < -0.39 is 11.4 Å². The minimum absolute atomic E-state index is 0.0944. The lowest BCUT2D eigenvalue weighted by Crippen LogP contribution is -2.44. The van der Waals surface area contributed by atoms with Crippen molar-refractivity contribution in [2.45, 2.75) is 45.3 Å². The molecule has 48 heavy (non-hydrogen) atoms. The van der Waals surface area contributed by atoms with E-state index >= 15 is 4.39 Å². The summed E-state index contributed by atoms with van der Waals surface area (Å²) in [7, 11) is 3.08. The maximum atomic E-state index is 15.4. The number of fused-ring (bicyclic) bond motifs is 1. The number of rotatable bonds is 9. The Morgan fingerprint density at radius 3 is 2.42 bits per heavy atom. The predicted octanol–water partition coefficient (Wildman–Crippen LogP) is 6.11. The van der Waals surface area contributed by atoms with Gasteiger partial charge in [0.25, 0.3) is 0 Å². The highest BCUT2D eigenvalue weighted by atomic mass is 19.1. The number of hydrogen-bond donors (Lipinski definition) is 2. The summed E-state index contributed by atoms with van der Waals surface area (Å²) < 4.78 is 38.9. The van der Waals surface area contributed by atoms with Crippen LogP contribution < -0.4 is 24.8 Å². The van der Waals surface area contributed by atoms with Crippen molar-refractivity contribution in [1.29, 1.82) is 0 Å². The molecule has 0 unspecified atom stereocenters. The van der Waals surface area contributed by atoms with Crippen molar-refractivity contribution >= 4 is 34.2 Å². The number of anilines is 3. The molecule has 1 aliphatic heterocycles. The Labute approximate surface area is 276 Å². The summed E-state index contributed by atoms with van der Waals surface area (Å²) in [5, 5.41) is 11.7. The van der Waals surface area contributed by atoms with Crippen molar-refractivity contribution in [1.82, 2.24) is 34.6 Å². The van der Waals surface area contributed by atoms with Gasteiger partial charge in [-0.05, 0) is 51.8 Å². The highest BCUT2D eigenvalue weighted by Gasteiger charge is 2.27. The van der Waals surface area contributed by atoms with Crippen LogP contribution in [-0.2, 0) is 4.74 Å². The number of nitrogens with one attached hydrogen (secondary N) is 2. The first-order valence-electron chi connectivity index (χ1n) is 15.3. The minimum atomic E-state index is -0.550. The van der Waals surface area contributed by atoms with Crippen LogP contribution in [0.3, 0.4) is 0 Å². The third kappa shape index (κ3) is 7.45. The average molecular weight is 658 g/mol. The normalized spacial score (nSPS) is 13.7. The highest BCUT2D eigenvalue weighted by Crippen LogP contribution is 2.35. The Morgan fingerprint density at radius 2 is 1.73 bits per heavy atom. The Morgan fingerprint density at radius 1 is 0.958 bits per heavy atom. The lowest BCUT2D eigenvalue weighted by Gasteiger charge is -2.34. The van der Waals surface area contributed by atoms with Crippen molar-refractivity contribution in [2.24, 2.45) is 0 Å². The number of ether oxygens (including phenoxy) is 4. The molecule has 0 saturated carbocycles. The van der Waals surface area contributed by atoms with Crippen LogP contribution >= 0.6 is 0 Å². The van der Waals surface area contributed by atoms with Crippen molar-refractivity contribution in [3.63, 3.8) is 0 Å². The number of piperidine rings is 1. The third-order valence-electron chi connectivity index (χ3n) is 7.51. The van der Waals surface area contributed by atoms with Gasteiger partial charge in [-0.15, -0.1) is 5.10 Å². The summed E-state index contributed by atoms with van der Waals surface area (Å²) in [6.45, 7) is 6.70. The number of methoxy groups -OCH3 is 2. The van der Waals surface area contributed by atoms with Crippen LogP contribution in [0.15, 0.2) is 61.3 Å². The quantitative estimate of drug-likeness (QED) is 0.188. The van der Waals surface area contributed by atoms with E-state index in [9.17, 15) is 4.79 Å². The number of likely N-dealkylation sites (tertiary alicyclic amines) is 1. The summed E-state index contributed by atoms with van der Waals surface area (Å²) >= 11 is 0. The third-order valence-corrected chi connectivity index (χ3v) is 7.51. The molecule has 5 aromatic rings. The van der Waals surface area contributed by atoms with Gasteiger partial charge in [0.1, 0.15) is 40.7 Å². The second kappa shape index (κ2) is 13.6. The van der Waals surface area contributed by atoms with E-state index in [0.717, 1.165) is 18.5 Å². The maximum Gasteiger partial charge on any atom is 0.410 e. The predicted molar refractivity (Wildman–Crippen MR) is 176 cm³/mol. The molecular weight excluding hydrogens is 621 g/mol. The summed E-state index contributed by atoms with van der Waals surface area (Å²) in [6.07, 6.45) is 7.36. The fourth-order valence-corrected chi connectivity index (χ4v) is 5.17. The molecule has 0 atom stereocenters. The van der Waals surface area contributed by atoms with E-state index in [1.165, 1.54) is 24.2 Å². The fourth-order valence-electron chi connectivity index (χ4n) is 5.17. The van der Waals surface area contributed by atoms with Gasteiger partial charge in [-0.25, -0.2) is 33.8 Å². The first kappa shape index (κ1) is 32.2. The first-order chi connectivity index (χ1) is 23.1. The Hall–Kier alpha value is -5.73. The molecule has 250 valence electrons. The van der Waals surface area contributed by atoms with Crippen LogP contribution in [0.4, 0.5) is 26.4 Å². The van der Waals surface area contributed by atoms with Crippen molar-refractivity contribution in [2.75, 3.05) is 37.9 Å². The van der Waals surface area contributed by atoms with Gasteiger partial charge in [0, 0.05) is 48.9 Å². The largest absolute Gasteiger partial charge is 0.495 e. The molecular formula is C33H36FN9O5. The number of nitrogens with zero attached hydrogens (tertiary/aromatic N) is 7. The smallest absolute Gasteiger partial charge is 0.410 e. The second-order valence-corrected chi connectivity index (χ2v) is 12.1. The number of aromatic nitrogens is 6. The van der Waals surface area contributed by atoms with E-state index in [2.05, 4.69) is 35.7 Å². The molecule has 0 bridgehead atoms. The Kier molecular flexibility index (Phi) is 9.10. The van der Waals surface area contributed by atoms with E-state index in [4.69, 9.17) is 18.9 Å². The van der Waals surface area contributed by atoms with E-state index in [1.807, 2.05) is 32.9 Å². The van der Waals surface area contributed by atoms with Gasteiger partial charge < -0.3 is 34.5 Å². The molecule has 1 fully saturated rings. The molecule has 2 N–H and O–H groups in total. The van der Waals surface area contributed by atoms with Crippen LogP contribution in [0.25, 0.3) is 16.6 Å². The zero-order valence-electron chi connectivity index (χ0n) is 27.2. The molecule has 1 amide bonds. The zero-order valence-corrected chi connectivity index (χ0v) is 27.2. The fraction of sp³-hybridized carbons (Fsp3) is 0.333. The monoisotopic (exact) mass is 657 g/mol. The van der Waals surface area contributed by atoms with Crippen molar-refractivity contribution in [3.05, 3.63) is 67.1 Å². The Bertz CT molecular complexity index is 1900. The summed E-state index contributed by atoms with van der Waals surface area (Å²) in [5.41, 5.74) is 1.62. The second-order valence-electron chi connectivity index (χ2n) is 12.1. The van der Waals surface area contributed by atoms with Gasteiger partial charge in [0.2, 0.25) is 5.88 Å². The highest BCUT2D eigenvalue weighted by molar-refractivity contribution is 5.95. The SMILES string of the molecule is COc1ncc(-n2ccc(Oc3ccc(Nc4ncnc5cc(OC)c(NC6CCN(C(=O)OC(C)(C)C)CC6)cc45)c(F)c3)n2)cn1.